The lowest BCUT2D eigenvalue weighted by molar-refractivity contribution is -0.393. The number of fused-ring (bicyclic) bond motifs is 2. The predicted octanol–water partition coefficient (Wildman–Crippen LogP) is -0.0116. The zero-order chi connectivity index (χ0) is 23.6. The molecule has 0 aromatic rings. The molecule has 0 N–H and O–H groups in total. The summed E-state index contributed by atoms with van der Waals surface area (Å²) in [5.74, 6) is -2.34. The fraction of sp³-hybridized carbons (Fsp3) is 0.800. The van der Waals surface area contributed by atoms with Crippen molar-refractivity contribution < 1.29 is 57.1 Å². The van der Waals surface area contributed by atoms with Crippen LogP contribution in [-0.2, 0) is 57.1 Å². The Morgan fingerprint density at radius 1 is 0.750 bits per heavy atom. The van der Waals surface area contributed by atoms with Gasteiger partial charge in [0.25, 0.3) is 0 Å². The molecule has 12 nitrogen and oxygen atoms in total. The average molecular weight is 460 g/mol. The van der Waals surface area contributed by atoms with E-state index in [0.717, 1.165) is 0 Å². The number of hydrogen-bond acceptors (Lipinski definition) is 12. The highest BCUT2D eigenvalue weighted by Gasteiger charge is 2.57. The lowest BCUT2D eigenvalue weighted by atomic mass is 9.94. The summed E-state index contributed by atoms with van der Waals surface area (Å²) in [5.41, 5.74) is 0. The quantitative estimate of drug-likeness (QED) is 0.402. The van der Waals surface area contributed by atoms with Gasteiger partial charge >= 0.3 is 23.9 Å². The van der Waals surface area contributed by atoms with Gasteiger partial charge in [0.2, 0.25) is 6.29 Å². The van der Waals surface area contributed by atoms with Gasteiger partial charge < -0.3 is 37.9 Å². The second-order valence-electron chi connectivity index (χ2n) is 7.85. The minimum atomic E-state index is -1.11. The SMILES string of the molecule is CC(=O)OC[C@H]1O[C@H]2O[C@@H]3CC(OC(C)=O)O[C@H](C)[C@H]3O[C@@H]2[C@@H](OC(C)=O)[C@@H]1OC(C)=O. The first kappa shape index (κ1) is 24.4. The summed E-state index contributed by atoms with van der Waals surface area (Å²) < 4.78 is 44.9. The van der Waals surface area contributed by atoms with Gasteiger partial charge in [-0.25, -0.2) is 0 Å². The van der Waals surface area contributed by atoms with Gasteiger partial charge in [0.15, 0.2) is 18.5 Å². The molecule has 0 amide bonds. The zero-order valence-corrected chi connectivity index (χ0v) is 18.5. The lowest BCUT2D eigenvalue weighted by Crippen LogP contribution is -2.68. The molecule has 0 radical (unpaired) electrons. The van der Waals surface area contributed by atoms with E-state index in [9.17, 15) is 19.2 Å². The Bertz CT molecular complexity index is 738. The molecular formula is C20H28O12. The van der Waals surface area contributed by atoms with E-state index in [2.05, 4.69) is 0 Å². The normalized spacial score (nSPS) is 38.5. The van der Waals surface area contributed by atoms with Crippen molar-refractivity contribution in [1.29, 1.82) is 0 Å². The van der Waals surface area contributed by atoms with Crippen molar-refractivity contribution in [3.8, 4) is 0 Å². The van der Waals surface area contributed by atoms with Crippen LogP contribution in [0.15, 0.2) is 0 Å². The first-order chi connectivity index (χ1) is 15.0. The fourth-order valence-electron chi connectivity index (χ4n) is 4.07. The average Bonchev–Trinajstić information content (AvgIpc) is 2.66. The first-order valence-corrected chi connectivity index (χ1v) is 10.3. The van der Waals surface area contributed by atoms with E-state index in [1.165, 1.54) is 27.7 Å². The Morgan fingerprint density at radius 2 is 1.38 bits per heavy atom. The Balaban J connectivity index is 1.84. The number of rotatable bonds is 5. The van der Waals surface area contributed by atoms with Crippen LogP contribution in [-0.4, -0.2) is 85.8 Å². The summed E-state index contributed by atoms with van der Waals surface area (Å²) in [5, 5.41) is 0. The Morgan fingerprint density at radius 3 is 1.97 bits per heavy atom. The third-order valence-electron chi connectivity index (χ3n) is 5.19. The maximum absolute atomic E-state index is 11.8. The van der Waals surface area contributed by atoms with E-state index in [0.29, 0.717) is 0 Å². The number of hydrogen-bond donors (Lipinski definition) is 0. The first-order valence-electron chi connectivity index (χ1n) is 10.3. The summed E-state index contributed by atoms with van der Waals surface area (Å²) in [6, 6.07) is 0. The monoisotopic (exact) mass is 460 g/mol. The van der Waals surface area contributed by atoms with Crippen molar-refractivity contribution in [2.45, 2.75) is 96.3 Å². The van der Waals surface area contributed by atoms with Crippen LogP contribution in [0.3, 0.4) is 0 Å². The van der Waals surface area contributed by atoms with E-state index in [4.69, 9.17) is 37.9 Å². The highest BCUT2D eigenvalue weighted by Crippen LogP contribution is 2.39. The van der Waals surface area contributed by atoms with Crippen LogP contribution in [0, 0.1) is 0 Å². The van der Waals surface area contributed by atoms with Crippen LogP contribution >= 0.6 is 0 Å². The molecule has 1 unspecified atom stereocenters. The second-order valence-corrected chi connectivity index (χ2v) is 7.85. The van der Waals surface area contributed by atoms with Crippen LogP contribution < -0.4 is 0 Å². The van der Waals surface area contributed by atoms with Crippen molar-refractivity contribution in [3.05, 3.63) is 0 Å². The predicted molar refractivity (Wildman–Crippen MR) is 101 cm³/mol. The highest BCUT2D eigenvalue weighted by molar-refractivity contribution is 5.68. The molecular weight excluding hydrogens is 432 g/mol. The van der Waals surface area contributed by atoms with Gasteiger partial charge in [-0.3, -0.25) is 19.2 Å². The maximum Gasteiger partial charge on any atom is 0.304 e. The summed E-state index contributed by atoms with van der Waals surface area (Å²) in [7, 11) is 0. The molecule has 12 heteroatoms. The van der Waals surface area contributed by atoms with Gasteiger partial charge in [0, 0.05) is 34.1 Å². The van der Waals surface area contributed by atoms with Crippen molar-refractivity contribution in [3.63, 3.8) is 0 Å². The third-order valence-corrected chi connectivity index (χ3v) is 5.19. The van der Waals surface area contributed by atoms with Crippen LogP contribution in [0.1, 0.15) is 41.0 Å². The van der Waals surface area contributed by atoms with Crippen molar-refractivity contribution in [2.24, 2.45) is 0 Å². The van der Waals surface area contributed by atoms with Gasteiger partial charge in [-0.1, -0.05) is 0 Å². The fourth-order valence-corrected chi connectivity index (χ4v) is 4.07. The van der Waals surface area contributed by atoms with Crippen LogP contribution in [0.2, 0.25) is 0 Å². The van der Waals surface area contributed by atoms with E-state index in [1.807, 2.05) is 0 Å². The van der Waals surface area contributed by atoms with Crippen LogP contribution in [0.25, 0.3) is 0 Å². The van der Waals surface area contributed by atoms with Crippen molar-refractivity contribution in [2.75, 3.05) is 6.61 Å². The van der Waals surface area contributed by atoms with E-state index in [-0.39, 0.29) is 13.0 Å². The smallest absolute Gasteiger partial charge is 0.304 e. The molecule has 32 heavy (non-hydrogen) atoms. The standard InChI is InChI=1S/C20H28O12/c1-8-16-13(6-15(26-8)27-10(3)22)30-20-19(32-16)18(29-12(5)24)17(28-11(4)23)14(31-20)7-25-9(2)21/h8,13-20H,6-7H2,1-5H3/t8-,13-,14-,15?,16-,17-,18+,19-,20-/m1/s1. The Kier molecular flexibility index (Phi) is 7.70. The Hall–Kier alpha value is -2.28. The van der Waals surface area contributed by atoms with Gasteiger partial charge in [-0.05, 0) is 6.92 Å². The van der Waals surface area contributed by atoms with Crippen LogP contribution in [0.4, 0.5) is 0 Å². The molecule has 3 rings (SSSR count). The molecule has 0 aromatic carbocycles. The maximum atomic E-state index is 11.8. The second kappa shape index (κ2) is 10.1. The number of carbonyl (C=O) groups is 4. The van der Waals surface area contributed by atoms with Crippen molar-refractivity contribution in [1.82, 2.24) is 0 Å². The molecule has 0 saturated carbocycles. The molecule has 0 aliphatic carbocycles. The van der Waals surface area contributed by atoms with Gasteiger partial charge in [-0.15, -0.1) is 0 Å². The topological polar surface area (TPSA) is 142 Å². The molecule has 9 atom stereocenters. The molecule has 3 heterocycles. The van der Waals surface area contributed by atoms with Gasteiger partial charge in [0.05, 0.1) is 12.2 Å². The van der Waals surface area contributed by atoms with Crippen LogP contribution in [0.5, 0.6) is 0 Å². The molecule has 3 aliphatic rings. The van der Waals surface area contributed by atoms with Crippen molar-refractivity contribution >= 4 is 23.9 Å². The minimum Gasteiger partial charge on any atom is -0.463 e. The third kappa shape index (κ3) is 5.74. The summed E-state index contributed by atoms with van der Waals surface area (Å²) in [6.07, 6.45) is -7.44. The number of carbonyl (C=O) groups excluding carboxylic acids is 4. The lowest BCUT2D eigenvalue weighted by Gasteiger charge is -2.52. The summed E-state index contributed by atoms with van der Waals surface area (Å²) >= 11 is 0. The summed E-state index contributed by atoms with van der Waals surface area (Å²) in [4.78, 5) is 46.2. The zero-order valence-electron chi connectivity index (χ0n) is 18.5. The highest BCUT2D eigenvalue weighted by atomic mass is 16.8. The van der Waals surface area contributed by atoms with E-state index < -0.39 is 79.2 Å². The summed E-state index contributed by atoms with van der Waals surface area (Å²) in [6.45, 7) is 6.37. The molecule has 0 bridgehead atoms. The van der Waals surface area contributed by atoms with Gasteiger partial charge in [0.1, 0.15) is 24.9 Å². The molecule has 0 spiro atoms. The minimum absolute atomic E-state index is 0.196. The van der Waals surface area contributed by atoms with Gasteiger partial charge in [-0.2, -0.15) is 0 Å². The molecule has 0 aromatic heterocycles. The molecule has 180 valence electrons. The van der Waals surface area contributed by atoms with E-state index in [1.54, 1.807) is 6.92 Å². The molecule has 3 fully saturated rings. The largest absolute Gasteiger partial charge is 0.463 e. The number of esters is 4. The number of ether oxygens (including phenoxy) is 8. The molecule has 3 saturated heterocycles. The van der Waals surface area contributed by atoms with E-state index >= 15 is 0 Å². The molecule has 3 aliphatic heterocycles. The Labute approximate surface area is 184 Å².